The van der Waals surface area contributed by atoms with Crippen molar-refractivity contribution < 1.29 is 4.74 Å². The van der Waals surface area contributed by atoms with Gasteiger partial charge in [-0.2, -0.15) is 0 Å². The number of nitrogens with one attached hydrogen (secondary N) is 1. The number of aromatic nitrogens is 4. The molecule has 1 aliphatic rings. The first-order valence-electron chi connectivity index (χ1n) is 6.42. The normalized spacial score (nSPS) is 22.8. The molecule has 6 nitrogen and oxygen atoms in total. The maximum absolute atomic E-state index is 5.55. The van der Waals surface area contributed by atoms with E-state index in [0.717, 1.165) is 12.2 Å². The summed E-state index contributed by atoms with van der Waals surface area (Å²) < 4.78 is 7.41. The number of nitrogens with zero attached hydrogens (tertiary/aromatic N) is 4. The second-order valence-electron chi connectivity index (χ2n) is 4.72. The molecular formula is C13H17N5O. The van der Waals surface area contributed by atoms with Gasteiger partial charge in [-0.1, -0.05) is 11.3 Å². The van der Waals surface area contributed by atoms with Crippen LogP contribution in [0.4, 0.5) is 0 Å². The van der Waals surface area contributed by atoms with Crippen LogP contribution in [0, 0.1) is 6.92 Å². The van der Waals surface area contributed by atoms with Crippen molar-refractivity contribution in [1.29, 1.82) is 0 Å². The Balaban J connectivity index is 1.65. The molecule has 0 radical (unpaired) electrons. The SMILES string of the molecule is Cc1ncccc1CN[C@H]1COC[C@H]1n1ccnn1. The predicted molar refractivity (Wildman–Crippen MR) is 69.5 cm³/mol. The summed E-state index contributed by atoms with van der Waals surface area (Å²) in [6.45, 7) is 4.19. The minimum absolute atomic E-state index is 0.208. The fraction of sp³-hybridized carbons (Fsp3) is 0.462. The summed E-state index contributed by atoms with van der Waals surface area (Å²) in [4.78, 5) is 4.29. The van der Waals surface area contributed by atoms with Gasteiger partial charge in [0.1, 0.15) is 0 Å². The van der Waals surface area contributed by atoms with Crippen molar-refractivity contribution in [2.45, 2.75) is 25.6 Å². The third-order valence-electron chi connectivity index (χ3n) is 3.50. The zero-order valence-corrected chi connectivity index (χ0v) is 10.9. The lowest BCUT2D eigenvalue weighted by Gasteiger charge is -2.19. The van der Waals surface area contributed by atoms with Crippen LogP contribution in [0.5, 0.6) is 0 Å². The summed E-state index contributed by atoms with van der Waals surface area (Å²) in [6.07, 6.45) is 5.39. The van der Waals surface area contributed by atoms with Gasteiger partial charge in [-0.15, -0.1) is 5.10 Å². The first-order chi connectivity index (χ1) is 9.34. The minimum Gasteiger partial charge on any atom is -0.377 e. The average molecular weight is 259 g/mol. The third kappa shape index (κ3) is 2.64. The van der Waals surface area contributed by atoms with Crippen LogP contribution < -0.4 is 5.32 Å². The highest BCUT2D eigenvalue weighted by Crippen LogP contribution is 2.18. The van der Waals surface area contributed by atoms with Gasteiger partial charge in [0.2, 0.25) is 0 Å². The second-order valence-corrected chi connectivity index (χ2v) is 4.72. The van der Waals surface area contributed by atoms with E-state index in [1.807, 2.05) is 30.1 Å². The van der Waals surface area contributed by atoms with Crippen LogP contribution in [0.1, 0.15) is 17.3 Å². The van der Waals surface area contributed by atoms with Gasteiger partial charge in [-0.25, -0.2) is 4.68 Å². The molecule has 19 heavy (non-hydrogen) atoms. The maximum Gasteiger partial charge on any atom is 0.0945 e. The highest BCUT2D eigenvalue weighted by Gasteiger charge is 2.29. The second kappa shape index (κ2) is 5.46. The van der Waals surface area contributed by atoms with E-state index in [1.54, 1.807) is 6.20 Å². The molecule has 100 valence electrons. The molecule has 6 heteroatoms. The molecule has 3 heterocycles. The summed E-state index contributed by atoms with van der Waals surface area (Å²) in [5.74, 6) is 0. The van der Waals surface area contributed by atoms with E-state index >= 15 is 0 Å². The van der Waals surface area contributed by atoms with Crippen LogP contribution in [0.2, 0.25) is 0 Å². The molecule has 1 saturated heterocycles. The summed E-state index contributed by atoms with van der Waals surface area (Å²) >= 11 is 0. The first kappa shape index (κ1) is 12.3. The van der Waals surface area contributed by atoms with Gasteiger partial charge in [-0.05, 0) is 18.6 Å². The van der Waals surface area contributed by atoms with Crippen molar-refractivity contribution in [3.8, 4) is 0 Å². The number of aryl methyl sites for hydroxylation is 1. The number of hydrogen-bond acceptors (Lipinski definition) is 5. The standard InChI is InChI=1S/C13H17N5O/c1-10-11(3-2-4-14-10)7-15-12-8-19-9-13(12)18-6-5-16-17-18/h2-6,12-13,15H,7-9H2,1H3/t12-,13+/m0/s1. The smallest absolute Gasteiger partial charge is 0.0945 e. The summed E-state index contributed by atoms with van der Waals surface area (Å²) in [5.41, 5.74) is 2.28. The van der Waals surface area contributed by atoms with Crippen LogP contribution >= 0.6 is 0 Å². The van der Waals surface area contributed by atoms with E-state index in [1.165, 1.54) is 5.56 Å². The fourth-order valence-corrected chi connectivity index (χ4v) is 2.34. The van der Waals surface area contributed by atoms with Gasteiger partial charge in [0, 0.05) is 24.6 Å². The van der Waals surface area contributed by atoms with Crippen LogP contribution in [-0.2, 0) is 11.3 Å². The van der Waals surface area contributed by atoms with Gasteiger partial charge in [-0.3, -0.25) is 4.98 Å². The Morgan fingerprint density at radius 2 is 2.37 bits per heavy atom. The van der Waals surface area contributed by atoms with Crippen LogP contribution in [0.3, 0.4) is 0 Å². The van der Waals surface area contributed by atoms with E-state index in [2.05, 4.69) is 26.7 Å². The number of ether oxygens (including phenoxy) is 1. The van der Waals surface area contributed by atoms with E-state index in [9.17, 15) is 0 Å². The van der Waals surface area contributed by atoms with Gasteiger partial charge < -0.3 is 10.1 Å². The largest absolute Gasteiger partial charge is 0.377 e. The highest BCUT2D eigenvalue weighted by molar-refractivity contribution is 5.18. The molecule has 0 amide bonds. The molecule has 0 aliphatic carbocycles. The Hall–Kier alpha value is -1.79. The summed E-state index contributed by atoms with van der Waals surface area (Å²) in [6, 6.07) is 4.51. The van der Waals surface area contributed by atoms with Crippen molar-refractivity contribution in [3.63, 3.8) is 0 Å². The van der Waals surface area contributed by atoms with Crippen LogP contribution in [0.15, 0.2) is 30.7 Å². The van der Waals surface area contributed by atoms with Crippen molar-refractivity contribution >= 4 is 0 Å². The molecule has 2 aromatic heterocycles. The number of pyridine rings is 1. The molecule has 0 bridgehead atoms. The molecule has 0 aromatic carbocycles. The van der Waals surface area contributed by atoms with Gasteiger partial charge >= 0.3 is 0 Å². The molecule has 1 aliphatic heterocycles. The number of rotatable bonds is 4. The van der Waals surface area contributed by atoms with E-state index in [4.69, 9.17) is 4.74 Å². The first-order valence-corrected chi connectivity index (χ1v) is 6.42. The quantitative estimate of drug-likeness (QED) is 0.876. The van der Waals surface area contributed by atoms with Gasteiger partial charge in [0.25, 0.3) is 0 Å². The molecular weight excluding hydrogens is 242 g/mol. The molecule has 1 N–H and O–H groups in total. The molecule has 1 fully saturated rings. The summed E-state index contributed by atoms with van der Waals surface area (Å²) in [5, 5.41) is 11.4. The monoisotopic (exact) mass is 259 g/mol. The highest BCUT2D eigenvalue weighted by atomic mass is 16.5. The third-order valence-corrected chi connectivity index (χ3v) is 3.50. The van der Waals surface area contributed by atoms with E-state index in [0.29, 0.717) is 13.2 Å². The molecule has 0 spiro atoms. The van der Waals surface area contributed by atoms with E-state index in [-0.39, 0.29) is 12.1 Å². The van der Waals surface area contributed by atoms with Crippen molar-refractivity contribution in [2.75, 3.05) is 13.2 Å². The number of hydrogen-bond donors (Lipinski definition) is 1. The van der Waals surface area contributed by atoms with Crippen LogP contribution in [-0.4, -0.2) is 39.2 Å². The maximum atomic E-state index is 5.55. The Labute approximate surface area is 111 Å². The van der Waals surface area contributed by atoms with Crippen molar-refractivity contribution in [3.05, 3.63) is 42.0 Å². The lowest BCUT2D eigenvalue weighted by atomic mass is 10.1. The lowest BCUT2D eigenvalue weighted by molar-refractivity contribution is 0.181. The lowest BCUT2D eigenvalue weighted by Crippen LogP contribution is -2.36. The topological polar surface area (TPSA) is 64.9 Å². The molecule has 0 unspecified atom stereocenters. The zero-order chi connectivity index (χ0) is 13.1. The summed E-state index contributed by atoms with van der Waals surface area (Å²) in [7, 11) is 0. The van der Waals surface area contributed by atoms with Gasteiger partial charge in [0.15, 0.2) is 0 Å². The van der Waals surface area contributed by atoms with Crippen molar-refractivity contribution in [2.24, 2.45) is 0 Å². The minimum atomic E-state index is 0.208. The Morgan fingerprint density at radius 3 is 3.16 bits per heavy atom. The Kier molecular flexibility index (Phi) is 3.52. The van der Waals surface area contributed by atoms with Crippen molar-refractivity contribution in [1.82, 2.24) is 25.3 Å². The Morgan fingerprint density at radius 1 is 1.42 bits per heavy atom. The molecule has 2 aromatic rings. The van der Waals surface area contributed by atoms with Crippen LogP contribution in [0.25, 0.3) is 0 Å². The fourth-order valence-electron chi connectivity index (χ4n) is 2.34. The molecule has 2 atom stereocenters. The molecule has 0 saturated carbocycles. The van der Waals surface area contributed by atoms with Gasteiger partial charge in [0.05, 0.1) is 31.5 Å². The van der Waals surface area contributed by atoms with E-state index < -0.39 is 0 Å². The Bertz CT molecular complexity index is 528. The predicted octanol–water partition coefficient (Wildman–Crippen LogP) is 0.711. The average Bonchev–Trinajstić information content (AvgIpc) is 3.08. The zero-order valence-electron chi connectivity index (χ0n) is 10.9. The molecule has 3 rings (SSSR count).